The maximum atomic E-state index is 13.1. The molecule has 166 valence electrons. The lowest BCUT2D eigenvalue weighted by atomic mass is 9.96. The largest absolute Gasteiger partial charge is 0.384 e. The van der Waals surface area contributed by atoms with E-state index in [-0.39, 0.29) is 11.7 Å². The molecule has 0 atom stereocenters. The lowest BCUT2D eigenvalue weighted by Crippen LogP contribution is -2.27. The molecule has 5 heteroatoms. The first-order valence-corrected chi connectivity index (χ1v) is 10.9. The highest BCUT2D eigenvalue weighted by Gasteiger charge is 2.17. The molecule has 32 heavy (non-hydrogen) atoms. The van der Waals surface area contributed by atoms with Crippen molar-refractivity contribution in [3.63, 3.8) is 0 Å². The Kier molecular flexibility index (Phi) is 7.31. The molecule has 0 aliphatic rings. The minimum atomic E-state index is 0.0112. The summed E-state index contributed by atoms with van der Waals surface area (Å²) in [6.45, 7) is 5.01. The van der Waals surface area contributed by atoms with Gasteiger partial charge in [-0.15, -0.1) is 0 Å². The molecule has 3 rings (SSSR count). The number of carbonyl (C=O) groups is 1. The molecule has 0 radical (unpaired) electrons. The molecule has 0 aliphatic carbocycles. The number of anilines is 2. The molecule has 3 aromatic rings. The molecule has 0 aromatic heterocycles. The Morgan fingerprint density at radius 1 is 0.906 bits per heavy atom. The van der Waals surface area contributed by atoms with Gasteiger partial charge in [-0.25, -0.2) is 0 Å². The van der Waals surface area contributed by atoms with Crippen LogP contribution in [0.1, 0.15) is 39.0 Å². The van der Waals surface area contributed by atoms with Crippen molar-refractivity contribution in [3.05, 3.63) is 94.5 Å². The predicted molar refractivity (Wildman–Crippen MR) is 134 cm³/mol. The summed E-state index contributed by atoms with van der Waals surface area (Å²) >= 11 is 0. The minimum absolute atomic E-state index is 0.0112. The van der Waals surface area contributed by atoms with Gasteiger partial charge in [0.25, 0.3) is 5.91 Å². The van der Waals surface area contributed by atoms with Crippen LogP contribution < -0.4 is 15.5 Å². The molecule has 0 saturated carbocycles. The molecule has 0 saturated heterocycles. The summed E-state index contributed by atoms with van der Waals surface area (Å²) in [6, 6.07) is 21.6. The van der Waals surface area contributed by atoms with E-state index in [1.54, 1.807) is 4.90 Å². The molecule has 0 unspecified atom stereocenters. The number of hydrogen-bond acceptors (Lipinski definition) is 3. The van der Waals surface area contributed by atoms with Crippen LogP contribution >= 0.6 is 0 Å². The zero-order valence-corrected chi connectivity index (χ0v) is 19.4. The van der Waals surface area contributed by atoms with Crippen LogP contribution in [-0.2, 0) is 6.42 Å². The number of aryl methyl sites for hydroxylation is 3. The van der Waals surface area contributed by atoms with Crippen LogP contribution in [0.3, 0.4) is 0 Å². The van der Waals surface area contributed by atoms with Crippen molar-refractivity contribution in [2.45, 2.75) is 26.7 Å². The summed E-state index contributed by atoms with van der Waals surface area (Å²) in [6.07, 6.45) is 1.95. The van der Waals surface area contributed by atoms with Crippen LogP contribution in [0.5, 0.6) is 0 Å². The summed E-state index contributed by atoms with van der Waals surface area (Å²) in [7, 11) is 3.89. The quantitative estimate of drug-likeness (QED) is 0.394. The summed E-state index contributed by atoms with van der Waals surface area (Å²) in [5, 5.41) is 7.51. The Labute approximate surface area is 191 Å². The molecule has 0 aliphatic heterocycles. The van der Waals surface area contributed by atoms with Crippen molar-refractivity contribution >= 4 is 23.1 Å². The second-order valence-corrected chi connectivity index (χ2v) is 8.28. The first-order valence-electron chi connectivity index (χ1n) is 10.9. The van der Waals surface area contributed by atoms with E-state index in [4.69, 9.17) is 11.1 Å². The lowest BCUT2D eigenvalue weighted by molar-refractivity contribution is 0.0992. The van der Waals surface area contributed by atoms with Gasteiger partial charge in [-0.2, -0.15) is 0 Å². The Morgan fingerprint density at radius 2 is 1.56 bits per heavy atom. The number of amides is 1. The topological polar surface area (TPSA) is 73.4 Å². The SMILES string of the molecule is Cc1cc(C(=O)N(C)c2ccccc2)c(C)cc1CCCN(C)c1ccc(C(=N)N)cc1. The first-order chi connectivity index (χ1) is 15.3. The van der Waals surface area contributed by atoms with E-state index in [1.807, 2.05) is 74.6 Å². The highest BCUT2D eigenvalue weighted by molar-refractivity contribution is 6.06. The maximum absolute atomic E-state index is 13.1. The molecule has 1 amide bonds. The fraction of sp³-hybridized carbons (Fsp3) is 0.259. The number of amidine groups is 1. The summed E-state index contributed by atoms with van der Waals surface area (Å²) < 4.78 is 0. The monoisotopic (exact) mass is 428 g/mol. The van der Waals surface area contributed by atoms with Gasteiger partial charge in [0.1, 0.15) is 5.84 Å². The van der Waals surface area contributed by atoms with Gasteiger partial charge < -0.3 is 15.5 Å². The standard InChI is InChI=1S/C27H32N4O/c1-19-18-25(27(32)31(4)24-10-6-5-7-11-24)20(2)17-22(19)9-8-16-30(3)23-14-12-21(13-15-23)26(28)29/h5-7,10-15,17-18H,8-9,16H2,1-4H3,(H3,28,29). The number of nitrogens with zero attached hydrogens (tertiary/aromatic N) is 2. The highest BCUT2D eigenvalue weighted by Crippen LogP contribution is 2.22. The van der Waals surface area contributed by atoms with Crippen LogP contribution in [0.15, 0.2) is 66.7 Å². The Bertz CT molecular complexity index is 1090. The van der Waals surface area contributed by atoms with Gasteiger partial charge in [0.05, 0.1) is 0 Å². The van der Waals surface area contributed by atoms with Crippen LogP contribution in [0.4, 0.5) is 11.4 Å². The van der Waals surface area contributed by atoms with Crippen LogP contribution in [0.2, 0.25) is 0 Å². The molecule has 0 fully saturated rings. The summed E-state index contributed by atoms with van der Waals surface area (Å²) in [5.74, 6) is 0.0963. The summed E-state index contributed by atoms with van der Waals surface area (Å²) in [4.78, 5) is 17.0. The van der Waals surface area contributed by atoms with Crippen molar-refractivity contribution < 1.29 is 4.79 Å². The molecule has 3 N–H and O–H groups in total. The van der Waals surface area contributed by atoms with E-state index in [1.165, 1.54) is 5.56 Å². The van der Waals surface area contributed by atoms with Gasteiger partial charge >= 0.3 is 0 Å². The normalized spacial score (nSPS) is 10.6. The third-order valence-electron chi connectivity index (χ3n) is 5.92. The molecule has 5 nitrogen and oxygen atoms in total. The van der Waals surface area contributed by atoms with Crippen LogP contribution in [0, 0.1) is 19.3 Å². The number of carbonyl (C=O) groups excluding carboxylic acids is 1. The number of nitrogen functional groups attached to an aromatic ring is 1. The molecular formula is C27H32N4O. The van der Waals surface area contributed by atoms with Crippen molar-refractivity contribution in [1.82, 2.24) is 0 Å². The van der Waals surface area contributed by atoms with Crippen molar-refractivity contribution in [3.8, 4) is 0 Å². The highest BCUT2D eigenvalue weighted by atomic mass is 16.2. The van der Waals surface area contributed by atoms with Gasteiger partial charge in [-0.1, -0.05) is 24.3 Å². The van der Waals surface area contributed by atoms with Crippen molar-refractivity contribution in [1.29, 1.82) is 5.41 Å². The van der Waals surface area contributed by atoms with Gasteiger partial charge in [0.15, 0.2) is 0 Å². The first kappa shape index (κ1) is 23.1. The summed E-state index contributed by atoms with van der Waals surface area (Å²) in [5.41, 5.74) is 12.4. The molecular weight excluding hydrogens is 396 g/mol. The number of benzene rings is 3. The average Bonchev–Trinajstić information content (AvgIpc) is 2.80. The third kappa shape index (κ3) is 5.35. The van der Waals surface area contributed by atoms with Gasteiger partial charge in [0, 0.05) is 43.1 Å². The predicted octanol–water partition coefficient (Wildman–Crippen LogP) is 4.93. The number of nitrogens with one attached hydrogen (secondary N) is 1. The van der Waals surface area contributed by atoms with Gasteiger partial charge in [-0.05, 0) is 85.8 Å². The van der Waals surface area contributed by atoms with E-state index in [0.717, 1.165) is 53.0 Å². The average molecular weight is 429 g/mol. The number of hydrogen-bond donors (Lipinski definition) is 2. The van der Waals surface area contributed by atoms with Crippen molar-refractivity contribution in [2.75, 3.05) is 30.4 Å². The number of nitrogens with two attached hydrogens (primary N) is 1. The van der Waals surface area contributed by atoms with Gasteiger partial charge in [-0.3, -0.25) is 10.2 Å². The van der Waals surface area contributed by atoms with Crippen LogP contribution in [-0.4, -0.2) is 32.4 Å². The van der Waals surface area contributed by atoms with E-state index in [2.05, 4.69) is 24.9 Å². The Hall–Kier alpha value is -3.60. The Morgan fingerprint density at radius 3 is 2.19 bits per heavy atom. The molecule has 0 spiro atoms. The second kappa shape index (κ2) is 10.1. The maximum Gasteiger partial charge on any atom is 0.258 e. The van der Waals surface area contributed by atoms with E-state index in [9.17, 15) is 4.79 Å². The van der Waals surface area contributed by atoms with Crippen molar-refractivity contribution in [2.24, 2.45) is 5.73 Å². The minimum Gasteiger partial charge on any atom is -0.384 e. The second-order valence-electron chi connectivity index (χ2n) is 8.28. The molecule has 3 aromatic carbocycles. The van der Waals surface area contributed by atoms with E-state index < -0.39 is 0 Å². The van der Waals surface area contributed by atoms with E-state index in [0.29, 0.717) is 0 Å². The fourth-order valence-electron chi connectivity index (χ4n) is 3.86. The number of rotatable bonds is 8. The molecule has 0 heterocycles. The van der Waals surface area contributed by atoms with Gasteiger partial charge in [0.2, 0.25) is 0 Å². The fourth-order valence-corrected chi connectivity index (χ4v) is 3.86. The van der Waals surface area contributed by atoms with E-state index >= 15 is 0 Å². The van der Waals surface area contributed by atoms with Crippen LogP contribution in [0.25, 0.3) is 0 Å². The zero-order chi connectivity index (χ0) is 23.3. The Balaban J connectivity index is 1.63. The zero-order valence-electron chi connectivity index (χ0n) is 19.4. The number of para-hydroxylation sites is 1. The third-order valence-corrected chi connectivity index (χ3v) is 5.92. The lowest BCUT2D eigenvalue weighted by Gasteiger charge is -2.21. The smallest absolute Gasteiger partial charge is 0.258 e. The molecule has 0 bridgehead atoms.